The van der Waals surface area contributed by atoms with Crippen LogP contribution in [-0.2, 0) is 0 Å². The molecule has 2 aromatic rings. The van der Waals surface area contributed by atoms with Crippen molar-refractivity contribution in [1.29, 1.82) is 0 Å². The van der Waals surface area contributed by atoms with E-state index >= 15 is 0 Å². The largest absolute Gasteiger partial charge is 0.494 e. The van der Waals surface area contributed by atoms with Crippen LogP contribution in [0.3, 0.4) is 0 Å². The highest BCUT2D eigenvalue weighted by molar-refractivity contribution is 5.87. The second-order valence-corrected chi connectivity index (χ2v) is 4.00. The van der Waals surface area contributed by atoms with Gasteiger partial charge in [0.25, 0.3) is 0 Å². The van der Waals surface area contributed by atoms with Gasteiger partial charge in [0.1, 0.15) is 0 Å². The minimum absolute atomic E-state index is 0.130. The molecular formula is C15H12FNO3. The van der Waals surface area contributed by atoms with Crippen LogP contribution < -0.4 is 4.74 Å². The van der Waals surface area contributed by atoms with Crippen molar-refractivity contribution < 1.29 is 19.0 Å². The SMILES string of the molecule is COc1cc(C=Cc2ccc(C(=O)O)cn2)ccc1F. The molecule has 0 atom stereocenters. The molecule has 4 nitrogen and oxygen atoms in total. The second kappa shape index (κ2) is 5.97. The summed E-state index contributed by atoms with van der Waals surface area (Å²) < 4.78 is 18.1. The normalized spacial score (nSPS) is 10.7. The van der Waals surface area contributed by atoms with E-state index in [1.165, 1.54) is 25.4 Å². The monoisotopic (exact) mass is 273 g/mol. The number of hydrogen-bond donors (Lipinski definition) is 1. The zero-order valence-corrected chi connectivity index (χ0v) is 10.7. The van der Waals surface area contributed by atoms with Gasteiger partial charge in [-0.25, -0.2) is 9.18 Å². The fourth-order valence-electron chi connectivity index (χ4n) is 1.59. The molecule has 0 amide bonds. The number of carboxylic acid groups (broad SMARTS) is 1. The fraction of sp³-hybridized carbons (Fsp3) is 0.0667. The lowest BCUT2D eigenvalue weighted by Gasteiger charge is -2.02. The summed E-state index contributed by atoms with van der Waals surface area (Å²) in [6, 6.07) is 7.57. The first-order valence-electron chi connectivity index (χ1n) is 5.81. The van der Waals surface area contributed by atoms with Crippen LogP contribution in [0.25, 0.3) is 12.2 Å². The number of carboxylic acids is 1. The molecule has 0 aliphatic heterocycles. The van der Waals surface area contributed by atoms with E-state index in [4.69, 9.17) is 9.84 Å². The van der Waals surface area contributed by atoms with Gasteiger partial charge in [-0.3, -0.25) is 4.98 Å². The van der Waals surface area contributed by atoms with E-state index in [1.54, 1.807) is 30.4 Å². The summed E-state index contributed by atoms with van der Waals surface area (Å²) >= 11 is 0. The van der Waals surface area contributed by atoms with Gasteiger partial charge < -0.3 is 9.84 Å². The quantitative estimate of drug-likeness (QED) is 0.929. The molecule has 0 bridgehead atoms. The topological polar surface area (TPSA) is 59.4 Å². The molecule has 1 aromatic heterocycles. The first kappa shape index (κ1) is 13.7. The predicted octanol–water partition coefficient (Wildman–Crippen LogP) is 3.10. The number of aromatic carboxylic acids is 1. The van der Waals surface area contributed by atoms with Crippen molar-refractivity contribution in [3.05, 3.63) is 59.2 Å². The van der Waals surface area contributed by atoms with Gasteiger partial charge in [0, 0.05) is 6.20 Å². The lowest BCUT2D eigenvalue weighted by Crippen LogP contribution is -1.96. The Kier molecular flexibility index (Phi) is 4.10. The molecule has 0 unspecified atom stereocenters. The van der Waals surface area contributed by atoms with Crippen molar-refractivity contribution in [2.45, 2.75) is 0 Å². The summed E-state index contributed by atoms with van der Waals surface area (Å²) in [6.45, 7) is 0. The molecule has 1 aromatic carbocycles. The second-order valence-electron chi connectivity index (χ2n) is 4.00. The maximum absolute atomic E-state index is 13.2. The molecule has 20 heavy (non-hydrogen) atoms. The molecule has 0 aliphatic rings. The Labute approximate surface area is 115 Å². The van der Waals surface area contributed by atoms with Crippen molar-refractivity contribution in [3.63, 3.8) is 0 Å². The van der Waals surface area contributed by atoms with Crippen molar-refractivity contribution in [2.24, 2.45) is 0 Å². The molecule has 0 saturated carbocycles. The van der Waals surface area contributed by atoms with Gasteiger partial charge in [-0.15, -0.1) is 0 Å². The van der Waals surface area contributed by atoms with Crippen molar-refractivity contribution in [1.82, 2.24) is 4.98 Å². The maximum atomic E-state index is 13.2. The van der Waals surface area contributed by atoms with Crippen LogP contribution in [0.2, 0.25) is 0 Å². The highest BCUT2D eigenvalue weighted by Gasteiger charge is 2.03. The van der Waals surface area contributed by atoms with Crippen LogP contribution in [0.5, 0.6) is 5.75 Å². The molecule has 102 valence electrons. The smallest absolute Gasteiger partial charge is 0.337 e. The molecule has 5 heteroatoms. The third-order valence-corrected chi connectivity index (χ3v) is 2.66. The molecule has 1 heterocycles. The summed E-state index contributed by atoms with van der Waals surface area (Å²) in [6.07, 6.45) is 4.73. The number of pyridine rings is 1. The number of methoxy groups -OCH3 is 1. The lowest BCUT2D eigenvalue weighted by atomic mass is 10.1. The van der Waals surface area contributed by atoms with Gasteiger partial charge in [-0.2, -0.15) is 0 Å². The minimum atomic E-state index is -1.02. The van der Waals surface area contributed by atoms with E-state index in [1.807, 2.05) is 0 Å². The number of rotatable bonds is 4. The predicted molar refractivity (Wildman–Crippen MR) is 73.1 cm³/mol. The number of halogens is 1. The van der Waals surface area contributed by atoms with Crippen LogP contribution in [0.4, 0.5) is 4.39 Å². The number of aromatic nitrogens is 1. The Hall–Kier alpha value is -2.69. The van der Waals surface area contributed by atoms with Gasteiger partial charge in [-0.1, -0.05) is 12.1 Å². The summed E-state index contributed by atoms with van der Waals surface area (Å²) in [7, 11) is 1.40. The van der Waals surface area contributed by atoms with Crippen LogP contribution >= 0.6 is 0 Å². The molecule has 1 N–H and O–H groups in total. The fourth-order valence-corrected chi connectivity index (χ4v) is 1.59. The van der Waals surface area contributed by atoms with Gasteiger partial charge in [0.05, 0.1) is 18.4 Å². The Morgan fingerprint density at radius 3 is 2.70 bits per heavy atom. The van der Waals surface area contributed by atoms with Crippen LogP contribution in [-0.4, -0.2) is 23.2 Å². The van der Waals surface area contributed by atoms with E-state index in [0.29, 0.717) is 5.69 Å². The van der Waals surface area contributed by atoms with Gasteiger partial charge >= 0.3 is 5.97 Å². The van der Waals surface area contributed by atoms with Crippen molar-refractivity contribution in [2.75, 3.05) is 7.11 Å². The van der Waals surface area contributed by atoms with E-state index in [2.05, 4.69) is 4.98 Å². The number of hydrogen-bond acceptors (Lipinski definition) is 3. The molecular weight excluding hydrogens is 261 g/mol. The average Bonchev–Trinajstić information content (AvgIpc) is 2.46. The number of nitrogens with zero attached hydrogens (tertiary/aromatic N) is 1. The minimum Gasteiger partial charge on any atom is -0.494 e. The standard InChI is InChI=1S/C15H12FNO3/c1-20-14-8-10(3-7-13(14)16)2-5-12-6-4-11(9-17-12)15(18)19/h2-9H,1H3,(H,18,19). The van der Waals surface area contributed by atoms with E-state index < -0.39 is 11.8 Å². The highest BCUT2D eigenvalue weighted by Crippen LogP contribution is 2.19. The zero-order valence-electron chi connectivity index (χ0n) is 10.7. The Balaban J connectivity index is 2.18. The maximum Gasteiger partial charge on any atom is 0.337 e. The molecule has 0 aliphatic carbocycles. The molecule has 2 rings (SSSR count). The first-order valence-corrected chi connectivity index (χ1v) is 5.81. The van der Waals surface area contributed by atoms with Gasteiger partial charge in [-0.05, 0) is 35.9 Å². The van der Waals surface area contributed by atoms with Crippen LogP contribution in [0.1, 0.15) is 21.6 Å². The summed E-state index contributed by atoms with van der Waals surface area (Å²) in [5.41, 5.74) is 1.50. The zero-order chi connectivity index (χ0) is 14.5. The van der Waals surface area contributed by atoms with Gasteiger partial charge in [0.15, 0.2) is 11.6 Å². The molecule has 0 spiro atoms. The van der Waals surface area contributed by atoms with Crippen molar-refractivity contribution >= 4 is 18.1 Å². The highest BCUT2D eigenvalue weighted by atomic mass is 19.1. The van der Waals surface area contributed by atoms with Crippen molar-refractivity contribution in [3.8, 4) is 5.75 Å². The van der Waals surface area contributed by atoms with E-state index in [-0.39, 0.29) is 11.3 Å². The first-order chi connectivity index (χ1) is 9.60. The Bertz CT molecular complexity index is 651. The molecule has 0 fully saturated rings. The van der Waals surface area contributed by atoms with E-state index in [9.17, 15) is 9.18 Å². The lowest BCUT2D eigenvalue weighted by molar-refractivity contribution is 0.0696. The number of ether oxygens (including phenoxy) is 1. The third kappa shape index (κ3) is 3.20. The van der Waals surface area contributed by atoms with Crippen LogP contribution in [0, 0.1) is 5.82 Å². The summed E-state index contributed by atoms with van der Waals surface area (Å²) in [5.74, 6) is -1.27. The Morgan fingerprint density at radius 2 is 2.10 bits per heavy atom. The Morgan fingerprint density at radius 1 is 1.30 bits per heavy atom. The van der Waals surface area contributed by atoms with Crippen LogP contribution in [0.15, 0.2) is 36.5 Å². The molecule has 0 saturated heterocycles. The summed E-state index contributed by atoms with van der Waals surface area (Å²) in [4.78, 5) is 14.7. The van der Waals surface area contributed by atoms with E-state index in [0.717, 1.165) is 5.56 Å². The average molecular weight is 273 g/mol. The number of carbonyl (C=O) groups is 1. The number of benzene rings is 1. The third-order valence-electron chi connectivity index (χ3n) is 2.66. The van der Waals surface area contributed by atoms with Gasteiger partial charge in [0.2, 0.25) is 0 Å². The summed E-state index contributed by atoms with van der Waals surface area (Å²) in [5, 5.41) is 8.76. The molecule has 0 radical (unpaired) electrons.